The molecule has 0 aliphatic rings. The predicted octanol–water partition coefficient (Wildman–Crippen LogP) is 3.98. The van der Waals surface area contributed by atoms with Crippen LogP contribution in [0, 0.1) is 0 Å². The van der Waals surface area contributed by atoms with Crippen molar-refractivity contribution in [3.63, 3.8) is 0 Å². The summed E-state index contributed by atoms with van der Waals surface area (Å²) in [7, 11) is 0. The van der Waals surface area contributed by atoms with E-state index in [1.165, 1.54) is 22.8 Å². The highest BCUT2D eigenvalue weighted by molar-refractivity contribution is 7.99. The molecule has 0 amide bonds. The first-order valence-corrected chi connectivity index (χ1v) is 6.81. The fraction of sp³-hybridized carbons (Fsp3) is 0.538. The predicted molar refractivity (Wildman–Crippen MR) is 72.0 cm³/mol. The maximum Gasteiger partial charge on any atom is 0.0340 e. The van der Waals surface area contributed by atoms with Crippen molar-refractivity contribution in [3.8, 4) is 0 Å². The molecule has 84 valence electrons. The highest BCUT2D eigenvalue weighted by Gasteiger charge is 1.98. The number of rotatable bonds is 6. The van der Waals surface area contributed by atoms with Gasteiger partial charge in [0, 0.05) is 18.0 Å². The van der Waals surface area contributed by atoms with Gasteiger partial charge in [-0.05, 0) is 29.4 Å². The highest BCUT2D eigenvalue weighted by atomic mass is 32.2. The van der Waals surface area contributed by atoms with E-state index in [9.17, 15) is 0 Å². The molecule has 0 bridgehead atoms. The summed E-state index contributed by atoms with van der Waals surface area (Å²) < 4.78 is 0. The van der Waals surface area contributed by atoms with Crippen LogP contribution in [-0.4, -0.2) is 18.1 Å². The van der Waals surface area contributed by atoms with Crippen molar-refractivity contribution in [2.45, 2.75) is 26.7 Å². The second-order valence-electron chi connectivity index (χ2n) is 3.90. The molecular weight excluding hydrogens is 202 g/mol. The maximum atomic E-state index is 3.42. The van der Waals surface area contributed by atoms with Crippen molar-refractivity contribution < 1.29 is 0 Å². The minimum Gasteiger partial charge on any atom is -0.384 e. The molecule has 1 N–H and O–H groups in total. The standard InChI is InChI=1S/C13H21NS/c1-4-15-10-9-14-13-7-5-12(6-8-13)11(2)3/h5-8,11,14H,4,9-10H2,1-3H3. The molecule has 2 heteroatoms. The van der Waals surface area contributed by atoms with Crippen LogP contribution in [0.2, 0.25) is 0 Å². The lowest BCUT2D eigenvalue weighted by molar-refractivity contribution is 0.867. The van der Waals surface area contributed by atoms with Gasteiger partial charge in [-0.1, -0.05) is 32.9 Å². The summed E-state index contributed by atoms with van der Waals surface area (Å²) in [5.74, 6) is 3.01. The lowest BCUT2D eigenvalue weighted by atomic mass is 10.0. The Kier molecular flexibility index (Phi) is 5.62. The van der Waals surface area contributed by atoms with E-state index in [-0.39, 0.29) is 0 Å². The molecule has 0 spiro atoms. The number of hydrogen-bond acceptors (Lipinski definition) is 2. The van der Waals surface area contributed by atoms with E-state index in [2.05, 4.69) is 50.4 Å². The van der Waals surface area contributed by atoms with Gasteiger partial charge in [-0.3, -0.25) is 0 Å². The first kappa shape index (κ1) is 12.4. The average Bonchev–Trinajstić information content (AvgIpc) is 2.25. The number of anilines is 1. The van der Waals surface area contributed by atoms with Crippen LogP contribution in [0.25, 0.3) is 0 Å². The molecule has 1 aromatic carbocycles. The molecule has 1 rings (SSSR count). The van der Waals surface area contributed by atoms with Crippen molar-refractivity contribution in [3.05, 3.63) is 29.8 Å². The third-order valence-corrected chi connectivity index (χ3v) is 3.26. The molecule has 1 aromatic rings. The third-order valence-electron chi connectivity index (χ3n) is 2.36. The number of nitrogens with one attached hydrogen (secondary N) is 1. The summed E-state index contributed by atoms with van der Waals surface area (Å²) >= 11 is 1.97. The van der Waals surface area contributed by atoms with E-state index in [4.69, 9.17) is 0 Å². The molecule has 0 heterocycles. The second-order valence-corrected chi connectivity index (χ2v) is 5.29. The Balaban J connectivity index is 2.36. The van der Waals surface area contributed by atoms with Crippen LogP contribution in [0.4, 0.5) is 5.69 Å². The Morgan fingerprint density at radius 2 is 1.87 bits per heavy atom. The monoisotopic (exact) mass is 223 g/mol. The molecule has 1 nitrogen and oxygen atoms in total. The van der Waals surface area contributed by atoms with Gasteiger partial charge in [-0.15, -0.1) is 0 Å². The summed E-state index contributed by atoms with van der Waals surface area (Å²) in [5, 5.41) is 3.42. The van der Waals surface area contributed by atoms with Crippen molar-refractivity contribution >= 4 is 17.4 Å². The van der Waals surface area contributed by atoms with E-state index in [1.54, 1.807) is 0 Å². The van der Waals surface area contributed by atoms with E-state index in [1.807, 2.05) is 11.8 Å². The van der Waals surface area contributed by atoms with Crippen molar-refractivity contribution in [2.24, 2.45) is 0 Å². The normalized spacial score (nSPS) is 10.7. The minimum atomic E-state index is 0.620. The van der Waals surface area contributed by atoms with E-state index < -0.39 is 0 Å². The van der Waals surface area contributed by atoms with E-state index in [0.29, 0.717) is 5.92 Å². The van der Waals surface area contributed by atoms with Crippen molar-refractivity contribution in [1.29, 1.82) is 0 Å². The third kappa shape index (κ3) is 4.61. The topological polar surface area (TPSA) is 12.0 Å². The van der Waals surface area contributed by atoms with E-state index in [0.717, 1.165) is 6.54 Å². The maximum absolute atomic E-state index is 3.42. The van der Waals surface area contributed by atoms with Gasteiger partial charge in [-0.25, -0.2) is 0 Å². The smallest absolute Gasteiger partial charge is 0.0340 e. The molecular formula is C13H21NS. The Morgan fingerprint density at radius 1 is 1.20 bits per heavy atom. The Labute approximate surface area is 97.7 Å². The van der Waals surface area contributed by atoms with Crippen molar-refractivity contribution in [2.75, 3.05) is 23.4 Å². The van der Waals surface area contributed by atoms with Crippen LogP contribution in [0.5, 0.6) is 0 Å². The number of benzene rings is 1. The van der Waals surface area contributed by atoms with Crippen LogP contribution in [0.1, 0.15) is 32.3 Å². The number of hydrogen-bond donors (Lipinski definition) is 1. The van der Waals surface area contributed by atoms with Crippen LogP contribution < -0.4 is 5.32 Å². The van der Waals surface area contributed by atoms with Crippen molar-refractivity contribution in [1.82, 2.24) is 0 Å². The summed E-state index contributed by atoms with van der Waals surface area (Å²) in [4.78, 5) is 0. The quantitative estimate of drug-likeness (QED) is 0.732. The minimum absolute atomic E-state index is 0.620. The van der Waals surface area contributed by atoms with Gasteiger partial charge in [0.2, 0.25) is 0 Å². The fourth-order valence-corrected chi connectivity index (χ4v) is 1.93. The Bertz CT molecular complexity index is 266. The number of thioether (sulfide) groups is 1. The van der Waals surface area contributed by atoms with Gasteiger partial charge in [0.15, 0.2) is 0 Å². The van der Waals surface area contributed by atoms with Crippen LogP contribution in [-0.2, 0) is 0 Å². The van der Waals surface area contributed by atoms with Gasteiger partial charge < -0.3 is 5.32 Å². The van der Waals surface area contributed by atoms with Gasteiger partial charge in [0.25, 0.3) is 0 Å². The molecule has 0 saturated heterocycles. The molecule has 15 heavy (non-hydrogen) atoms. The summed E-state index contributed by atoms with van der Waals surface area (Å²) in [6.45, 7) is 7.70. The first-order chi connectivity index (χ1) is 7.24. The van der Waals surface area contributed by atoms with Crippen LogP contribution >= 0.6 is 11.8 Å². The Morgan fingerprint density at radius 3 is 2.40 bits per heavy atom. The van der Waals surface area contributed by atoms with Gasteiger partial charge in [0.1, 0.15) is 0 Å². The molecule has 0 aliphatic heterocycles. The van der Waals surface area contributed by atoms with Crippen LogP contribution in [0.3, 0.4) is 0 Å². The molecule has 0 aromatic heterocycles. The first-order valence-electron chi connectivity index (χ1n) is 5.65. The molecule has 0 saturated carbocycles. The largest absolute Gasteiger partial charge is 0.384 e. The zero-order valence-electron chi connectivity index (χ0n) is 9.92. The lowest BCUT2D eigenvalue weighted by Gasteiger charge is -2.08. The molecule has 0 radical (unpaired) electrons. The Hall–Kier alpha value is -0.630. The summed E-state index contributed by atoms with van der Waals surface area (Å²) in [6.07, 6.45) is 0. The summed E-state index contributed by atoms with van der Waals surface area (Å²) in [5.41, 5.74) is 2.64. The van der Waals surface area contributed by atoms with Gasteiger partial charge in [-0.2, -0.15) is 11.8 Å². The fourth-order valence-electron chi connectivity index (χ4n) is 1.40. The highest BCUT2D eigenvalue weighted by Crippen LogP contribution is 2.16. The average molecular weight is 223 g/mol. The van der Waals surface area contributed by atoms with Gasteiger partial charge in [0.05, 0.1) is 0 Å². The van der Waals surface area contributed by atoms with E-state index >= 15 is 0 Å². The van der Waals surface area contributed by atoms with Crippen LogP contribution in [0.15, 0.2) is 24.3 Å². The molecule has 0 aliphatic carbocycles. The lowest BCUT2D eigenvalue weighted by Crippen LogP contribution is -2.04. The van der Waals surface area contributed by atoms with Gasteiger partial charge >= 0.3 is 0 Å². The SMILES string of the molecule is CCSCCNc1ccc(C(C)C)cc1. The second kappa shape index (κ2) is 6.78. The zero-order chi connectivity index (χ0) is 11.1. The summed E-state index contributed by atoms with van der Waals surface area (Å²) in [6, 6.07) is 8.76. The zero-order valence-corrected chi connectivity index (χ0v) is 10.7. The molecule has 0 atom stereocenters. The molecule has 0 fully saturated rings. The molecule has 0 unspecified atom stereocenters.